The third kappa shape index (κ3) is 3.22. The fourth-order valence-corrected chi connectivity index (χ4v) is 2.28. The molecule has 1 aromatic heterocycles. The van der Waals surface area contributed by atoms with E-state index in [9.17, 15) is 4.79 Å². The number of hydrogen-bond acceptors (Lipinski definition) is 4. The summed E-state index contributed by atoms with van der Waals surface area (Å²) in [6, 6.07) is 14.8. The number of hydrogen-bond donors (Lipinski definition) is 1. The van der Waals surface area contributed by atoms with Crippen molar-refractivity contribution < 1.29 is 14.3 Å². The third-order valence-electron chi connectivity index (χ3n) is 3.51. The van der Waals surface area contributed by atoms with Crippen LogP contribution in [-0.2, 0) is 0 Å². The second-order valence-corrected chi connectivity index (χ2v) is 5.03. The Morgan fingerprint density at radius 2 is 1.79 bits per heavy atom. The van der Waals surface area contributed by atoms with Gasteiger partial charge in [0.05, 0.1) is 31.7 Å². The van der Waals surface area contributed by atoms with Crippen molar-refractivity contribution in [2.24, 2.45) is 0 Å². The molecule has 0 bridgehead atoms. The Kier molecular flexibility index (Phi) is 4.47. The number of amides is 1. The molecule has 0 aliphatic carbocycles. The van der Waals surface area contributed by atoms with E-state index in [1.165, 1.54) is 6.20 Å². The smallest absolute Gasteiger partial charge is 0.258 e. The van der Waals surface area contributed by atoms with E-state index >= 15 is 0 Å². The van der Waals surface area contributed by atoms with Gasteiger partial charge >= 0.3 is 0 Å². The lowest BCUT2D eigenvalue weighted by Gasteiger charge is -2.10. The van der Waals surface area contributed by atoms with Crippen LogP contribution >= 0.6 is 0 Å². The van der Waals surface area contributed by atoms with Gasteiger partial charge in [-0.05, 0) is 24.3 Å². The average Bonchev–Trinajstić information content (AvgIpc) is 3.12. The third-order valence-corrected chi connectivity index (χ3v) is 3.51. The van der Waals surface area contributed by atoms with E-state index < -0.39 is 0 Å². The Morgan fingerprint density at radius 3 is 2.50 bits per heavy atom. The van der Waals surface area contributed by atoms with Gasteiger partial charge in [-0.2, -0.15) is 5.10 Å². The Morgan fingerprint density at radius 1 is 1.04 bits per heavy atom. The highest BCUT2D eigenvalue weighted by Gasteiger charge is 2.11. The Labute approximate surface area is 139 Å². The van der Waals surface area contributed by atoms with Gasteiger partial charge in [-0.3, -0.25) is 4.79 Å². The summed E-state index contributed by atoms with van der Waals surface area (Å²) in [5.74, 6) is 0.909. The van der Waals surface area contributed by atoms with Gasteiger partial charge in [0, 0.05) is 18.0 Å². The minimum Gasteiger partial charge on any atom is -0.493 e. The molecule has 3 rings (SSSR count). The van der Waals surface area contributed by atoms with Crippen LogP contribution < -0.4 is 14.8 Å². The molecule has 0 fully saturated rings. The topological polar surface area (TPSA) is 65.4 Å². The maximum absolute atomic E-state index is 12.4. The molecule has 0 saturated heterocycles. The number of ether oxygens (including phenoxy) is 2. The maximum atomic E-state index is 12.4. The van der Waals surface area contributed by atoms with Crippen LogP contribution in [0.25, 0.3) is 5.69 Å². The summed E-state index contributed by atoms with van der Waals surface area (Å²) in [6.45, 7) is 0. The summed E-state index contributed by atoms with van der Waals surface area (Å²) >= 11 is 0. The zero-order chi connectivity index (χ0) is 16.9. The molecule has 1 N–H and O–H groups in total. The highest BCUT2D eigenvalue weighted by Crippen LogP contribution is 2.29. The van der Waals surface area contributed by atoms with Crippen LogP contribution in [0.4, 0.5) is 5.69 Å². The zero-order valence-corrected chi connectivity index (χ0v) is 13.4. The molecule has 0 aliphatic rings. The summed E-state index contributed by atoms with van der Waals surface area (Å²) in [7, 11) is 3.11. The molecule has 2 aromatic carbocycles. The first kappa shape index (κ1) is 15.6. The number of anilines is 1. The molecule has 1 heterocycles. The number of carbonyl (C=O) groups excluding carboxylic acids is 1. The molecule has 0 radical (unpaired) electrons. The van der Waals surface area contributed by atoms with Crippen LogP contribution in [0.3, 0.4) is 0 Å². The normalized spacial score (nSPS) is 10.2. The van der Waals surface area contributed by atoms with Crippen molar-refractivity contribution in [1.29, 1.82) is 0 Å². The highest BCUT2D eigenvalue weighted by atomic mass is 16.5. The second-order valence-electron chi connectivity index (χ2n) is 5.03. The number of nitrogens with zero attached hydrogens (tertiary/aromatic N) is 2. The lowest BCUT2D eigenvalue weighted by atomic mass is 10.2. The van der Waals surface area contributed by atoms with E-state index in [1.807, 2.05) is 30.3 Å². The summed E-state index contributed by atoms with van der Waals surface area (Å²) in [5, 5.41) is 7.04. The van der Waals surface area contributed by atoms with Crippen molar-refractivity contribution in [3.05, 3.63) is 66.5 Å². The quantitative estimate of drug-likeness (QED) is 0.783. The molecular weight excluding hydrogens is 306 g/mol. The van der Waals surface area contributed by atoms with Crippen molar-refractivity contribution in [1.82, 2.24) is 9.78 Å². The zero-order valence-electron chi connectivity index (χ0n) is 13.4. The molecule has 6 nitrogen and oxygen atoms in total. The van der Waals surface area contributed by atoms with Crippen LogP contribution in [0, 0.1) is 0 Å². The van der Waals surface area contributed by atoms with Crippen molar-refractivity contribution in [3.63, 3.8) is 0 Å². The number of nitrogens with one attached hydrogen (secondary N) is 1. The Balaban J connectivity index is 1.77. The van der Waals surface area contributed by atoms with Gasteiger partial charge in [-0.1, -0.05) is 18.2 Å². The molecule has 0 atom stereocenters. The molecule has 0 spiro atoms. The van der Waals surface area contributed by atoms with Crippen molar-refractivity contribution in [3.8, 4) is 17.2 Å². The van der Waals surface area contributed by atoms with Gasteiger partial charge < -0.3 is 14.8 Å². The van der Waals surface area contributed by atoms with E-state index in [4.69, 9.17) is 9.47 Å². The van der Waals surface area contributed by atoms with Gasteiger partial charge in [-0.25, -0.2) is 4.68 Å². The van der Waals surface area contributed by atoms with Gasteiger partial charge in [-0.15, -0.1) is 0 Å². The monoisotopic (exact) mass is 323 g/mol. The van der Waals surface area contributed by atoms with Gasteiger partial charge in [0.25, 0.3) is 5.91 Å². The molecule has 122 valence electrons. The van der Waals surface area contributed by atoms with Crippen LogP contribution in [0.15, 0.2) is 60.9 Å². The predicted molar refractivity (Wildman–Crippen MR) is 91.1 cm³/mol. The first-order chi connectivity index (χ1) is 11.7. The van der Waals surface area contributed by atoms with Crippen molar-refractivity contribution in [2.45, 2.75) is 0 Å². The number of rotatable bonds is 5. The average molecular weight is 323 g/mol. The predicted octanol–water partition coefficient (Wildman–Crippen LogP) is 3.14. The molecule has 0 unspecified atom stereocenters. The summed E-state index contributed by atoms with van der Waals surface area (Å²) in [4.78, 5) is 12.4. The number of para-hydroxylation sites is 1. The number of benzene rings is 2. The molecule has 6 heteroatoms. The van der Waals surface area contributed by atoms with Gasteiger partial charge in [0.15, 0.2) is 11.5 Å². The maximum Gasteiger partial charge on any atom is 0.258 e. The van der Waals surface area contributed by atoms with Gasteiger partial charge in [0.2, 0.25) is 0 Å². The second kappa shape index (κ2) is 6.87. The van der Waals surface area contributed by atoms with E-state index in [0.29, 0.717) is 22.7 Å². The molecule has 24 heavy (non-hydrogen) atoms. The van der Waals surface area contributed by atoms with E-state index in [2.05, 4.69) is 10.4 Å². The number of carbonyl (C=O) groups is 1. The van der Waals surface area contributed by atoms with Crippen LogP contribution in [0.5, 0.6) is 11.5 Å². The molecular formula is C18H17N3O3. The fourth-order valence-electron chi connectivity index (χ4n) is 2.28. The van der Waals surface area contributed by atoms with Crippen LogP contribution in [-0.4, -0.2) is 29.9 Å². The highest BCUT2D eigenvalue weighted by molar-refractivity contribution is 6.04. The van der Waals surface area contributed by atoms with Gasteiger partial charge in [0.1, 0.15) is 0 Å². The Bertz CT molecular complexity index is 844. The van der Waals surface area contributed by atoms with E-state index in [-0.39, 0.29) is 5.91 Å². The van der Waals surface area contributed by atoms with Crippen molar-refractivity contribution >= 4 is 11.6 Å². The fraction of sp³-hybridized carbons (Fsp3) is 0.111. The molecule has 1 amide bonds. The molecule has 3 aromatic rings. The minimum atomic E-state index is -0.246. The molecule has 0 saturated carbocycles. The van der Waals surface area contributed by atoms with E-state index in [0.717, 1.165) is 5.69 Å². The lowest BCUT2D eigenvalue weighted by Crippen LogP contribution is -2.11. The number of methoxy groups -OCH3 is 2. The minimum absolute atomic E-state index is 0.246. The van der Waals surface area contributed by atoms with Crippen molar-refractivity contribution in [2.75, 3.05) is 19.5 Å². The van der Waals surface area contributed by atoms with E-state index in [1.54, 1.807) is 43.3 Å². The number of aromatic nitrogens is 2. The largest absolute Gasteiger partial charge is 0.493 e. The first-order valence-corrected chi connectivity index (χ1v) is 7.34. The summed E-state index contributed by atoms with van der Waals surface area (Å²) in [5.41, 5.74) is 1.97. The van der Waals surface area contributed by atoms with Crippen LogP contribution in [0.2, 0.25) is 0 Å². The lowest BCUT2D eigenvalue weighted by molar-refractivity contribution is 0.102. The summed E-state index contributed by atoms with van der Waals surface area (Å²) in [6.07, 6.45) is 3.22. The standard InChI is InChI=1S/C18H17N3O3/c1-23-16-9-8-14(10-17(16)24-2)20-18(22)13-11-19-21(12-13)15-6-4-3-5-7-15/h3-12H,1-2H3,(H,20,22). The Hall–Kier alpha value is -3.28. The summed E-state index contributed by atoms with van der Waals surface area (Å²) < 4.78 is 12.1. The first-order valence-electron chi connectivity index (χ1n) is 7.34. The van der Waals surface area contributed by atoms with Crippen LogP contribution in [0.1, 0.15) is 10.4 Å². The molecule has 0 aliphatic heterocycles. The SMILES string of the molecule is COc1ccc(NC(=O)c2cnn(-c3ccccc3)c2)cc1OC.